The van der Waals surface area contributed by atoms with E-state index in [0.717, 1.165) is 16.3 Å². The Bertz CT molecular complexity index is 690. The smallest absolute Gasteiger partial charge is 0.315 e. The molecule has 5 nitrogen and oxygen atoms in total. The predicted octanol–water partition coefficient (Wildman–Crippen LogP) is 2.11. The Morgan fingerprint density at radius 1 is 1.09 bits per heavy atom. The topological polar surface area (TPSA) is 70.2 Å². The Balaban J connectivity index is 1.84. The maximum atomic E-state index is 12.0. The summed E-state index contributed by atoms with van der Waals surface area (Å²) in [5.41, 5.74) is 0.966. The standard InChI is InChI=1S/C17H20FN3O2/c1-12(16(22)19-9-8-18)21-17(23)20-11-13-6-7-14-4-2-3-5-15(14)10-13/h2-7,10,12H,8-9,11H2,1H3,(H,19,22)(H2,20,21,23)/t12-/m0/s1. The van der Waals surface area contributed by atoms with E-state index in [1.54, 1.807) is 6.92 Å². The summed E-state index contributed by atoms with van der Waals surface area (Å²) < 4.78 is 12.0. The van der Waals surface area contributed by atoms with Crippen molar-refractivity contribution in [2.24, 2.45) is 0 Å². The number of urea groups is 1. The molecule has 0 unspecified atom stereocenters. The summed E-state index contributed by atoms with van der Waals surface area (Å²) in [6, 6.07) is 12.8. The molecule has 6 heteroatoms. The molecule has 2 aromatic rings. The minimum absolute atomic E-state index is 0.0520. The third-order valence-electron chi connectivity index (χ3n) is 3.40. The van der Waals surface area contributed by atoms with Crippen molar-refractivity contribution >= 4 is 22.7 Å². The van der Waals surface area contributed by atoms with Gasteiger partial charge in [0.2, 0.25) is 5.91 Å². The number of nitrogens with one attached hydrogen (secondary N) is 3. The van der Waals surface area contributed by atoms with Crippen LogP contribution in [0, 0.1) is 0 Å². The van der Waals surface area contributed by atoms with Gasteiger partial charge in [-0.3, -0.25) is 4.79 Å². The van der Waals surface area contributed by atoms with Crippen LogP contribution >= 0.6 is 0 Å². The fourth-order valence-corrected chi connectivity index (χ4v) is 2.17. The SMILES string of the molecule is C[C@H](NC(=O)NCc1ccc2ccccc2c1)C(=O)NCCF. The van der Waals surface area contributed by atoms with Gasteiger partial charge in [-0.15, -0.1) is 0 Å². The summed E-state index contributed by atoms with van der Waals surface area (Å²) in [4.78, 5) is 23.3. The second kappa shape index (κ2) is 8.12. The van der Waals surface area contributed by atoms with Crippen molar-refractivity contribution in [2.45, 2.75) is 19.5 Å². The van der Waals surface area contributed by atoms with E-state index in [4.69, 9.17) is 0 Å². The molecule has 0 aromatic heterocycles. The van der Waals surface area contributed by atoms with Crippen molar-refractivity contribution in [2.75, 3.05) is 13.2 Å². The zero-order chi connectivity index (χ0) is 16.7. The first kappa shape index (κ1) is 16.7. The quantitative estimate of drug-likeness (QED) is 0.764. The van der Waals surface area contributed by atoms with E-state index in [-0.39, 0.29) is 6.54 Å². The maximum Gasteiger partial charge on any atom is 0.315 e. The van der Waals surface area contributed by atoms with Crippen LogP contribution in [-0.2, 0) is 11.3 Å². The number of hydrogen-bond donors (Lipinski definition) is 3. The Morgan fingerprint density at radius 2 is 1.83 bits per heavy atom. The zero-order valence-electron chi connectivity index (χ0n) is 12.9. The highest BCUT2D eigenvalue weighted by Crippen LogP contribution is 2.15. The van der Waals surface area contributed by atoms with Crippen LogP contribution in [0.2, 0.25) is 0 Å². The van der Waals surface area contributed by atoms with Crippen molar-refractivity contribution < 1.29 is 14.0 Å². The molecule has 23 heavy (non-hydrogen) atoms. The van der Waals surface area contributed by atoms with Crippen molar-refractivity contribution in [3.05, 3.63) is 48.0 Å². The number of amides is 3. The van der Waals surface area contributed by atoms with Gasteiger partial charge < -0.3 is 16.0 Å². The molecule has 1 atom stereocenters. The minimum atomic E-state index is -0.724. The average molecular weight is 317 g/mol. The molecule has 2 rings (SSSR count). The number of carbonyl (C=O) groups is 2. The molecule has 0 aliphatic carbocycles. The fourth-order valence-electron chi connectivity index (χ4n) is 2.17. The number of fused-ring (bicyclic) bond motifs is 1. The molecule has 0 aliphatic heterocycles. The second-order valence-corrected chi connectivity index (χ2v) is 5.21. The van der Waals surface area contributed by atoms with E-state index in [9.17, 15) is 14.0 Å². The largest absolute Gasteiger partial charge is 0.352 e. The molecule has 0 bridgehead atoms. The second-order valence-electron chi connectivity index (χ2n) is 5.21. The van der Waals surface area contributed by atoms with Crippen molar-refractivity contribution in [3.63, 3.8) is 0 Å². The first-order chi connectivity index (χ1) is 11.1. The molecule has 0 saturated heterocycles. The molecular weight excluding hydrogens is 297 g/mol. The highest BCUT2D eigenvalue weighted by Gasteiger charge is 2.14. The van der Waals surface area contributed by atoms with Gasteiger partial charge in [-0.1, -0.05) is 36.4 Å². The summed E-state index contributed by atoms with van der Waals surface area (Å²) in [5, 5.41) is 9.83. The van der Waals surface area contributed by atoms with Gasteiger partial charge in [-0.2, -0.15) is 0 Å². The van der Waals surface area contributed by atoms with Crippen molar-refractivity contribution in [1.82, 2.24) is 16.0 Å². The van der Waals surface area contributed by atoms with Crippen molar-refractivity contribution in [1.29, 1.82) is 0 Å². The third-order valence-corrected chi connectivity index (χ3v) is 3.40. The van der Waals surface area contributed by atoms with Gasteiger partial charge in [-0.05, 0) is 29.3 Å². The first-order valence-electron chi connectivity index (χ1n) is 7.46. The minimum Gasteiger partial charge on any atom is -0.352 e. The highest BCUT2D eigenvalue weighted by molar-refractivity contribution is 5.86. The molecule has 2 aromatic carbocycles. The summed E-state index contributed by atoms with van der Waals surface area (Å²) in [5.74, 6) is -0.413. The lowest BCUT2D eigenvalue weighted by Gasteiger charge is -2.14. The maximum absolute atomic E-state index is 12.0. The summed E-state index contributed by atoms with van der Waals surface area (Å²) in [6.07, 6.45) is 0. The van der Waals surface area contributed by atoms with E-state index in [1.165, 1.54) is 0 Å². The van der Waals surface area contributed by atoms with Crippen LogP contribution in [-0.4, -0.2) is 31.2 Å². The number of carbonyl (C=O) groups excluding carboxylic acids is 2. The molecule has 0 saturated carbocycles. The highest BCUT2D eigenvalue weighted by atomic mass is 19.1. The van der Waals surface area contributed by atoms with Crippen LogP contribution in [0.5, 0.6) is 0 Å². The Labute approximate surface area is 134 Å². The van der Waals surface area contributed by atoms with Gasteiger partial charge in [0, 0.05) is 13.1 Å². The summed E-state index contributed by atoms with van der Waals surface area (Å²) in [7, 11) is 0. The van der Waals surface area contributed by atoms with Crippen LogP contribution in [0.1, 0.15) is 12.5 Å². The Morgan fingerprint density at radius 3 is 2.57 bits per heavy atom. The number of benzene rings is 2. The van der Waals surface area contributed by atoms with Gasteiger partial charge in [0.15, 0.2) is 0 Å². The monoisotopic (exact) mass is 317 g/mol. The van der Waals surface area contributed by atoms with Gasteiger partial charge in [-0.25, -0.2) is 9.18 Å². The first-order valence-corrected chi connectivity index (χ1v) is 7.46. The van der Waals surface area contributed by atoms with Crippen LogP contribution in [0.3, 0.4) is 0 Å². The van der Waals surface area contributed by atoms with Gasteiger partial charge >= 0.3 is 6.03 Å². The molecule has 122 valence electrons. The Hall–Kier alpha value is -2.63. The number of halogens is 1. The lowest BCUT2D eigenvalue weighted by molar-refractivity contribution is -0.122. The Kier molecular flexibility index (Phi) is 5.91. The fraction of sp³-hybridized carbons (Fsp3) is 0.294. The molecule has 0 aliphatic rings. The lowest BCUT2D eigenvalue weighted by atomic mass is 10.1. The number of rotatable bonds is 6. The van der Waals surface area contributed by atoms with Gasteiger partial charge in [0.1, 0.15) is 12.7 Å². The molecule has 0 radical (unpaired) electrons. The molecule has 0 spiro atoms. The molecule has 3 N–H and O–H groups in total. The van der Waals surface area contributed by atoms with Crippen LogP contribution in [0.25, 0.3) is 10.8 Å². The van der Waals surface area contributed by atoms with E-state index >= 15 is 0 Å². The third kappa shape index (κ3) is 4.95. The van der Waals surface area contributed by atoms with Gasteiger partial charge in [0.05, 0.1) is 0 Å². The average Bonchev–Trinajstić information content (AvgIpc) is 2.57. The number of hydrogen-bond acceptors (Lipinski definition) is 2. The lowest BCUT2D eigenvalue weighted by Crippen LogP contribution is -2.48. The molecular formula is C17H20FN3O2. The molecule has 0 fully saturated rings. The van der Waals surface area contributed by atoms with Crippen molar-refractivity contribution in [3.8, 4) is 0 Å². The van der Waals surface area contributed by atoms with Crippen LogP contribution in [0.15, 0.2) is 42.5 Å². The van der Waals surface area contributed by atoms with Gasteiger partial charge in [0.25, 0.3) is 0 Å². The van der Waals surface area contributed by atoms with Crippen LogP contribution < -0.4 is 16.0 Å². The predicted molar refractivity (Wildman–Crippen MR) is 87.8 cm³/mol. The van der Waals surface area contributed by atoms with Crippen LogP contribution in [0.4, 0.5) is 9.18 Å². The molecule has 3 amide bonds. The summed E-state index contributed by atoms with van der Waals surface area (Å²) in [6.45, 7) is 1.22. The number of alkyl halides is 1. The van der Waals surface area contributed by atoms with E-state index < -0.39 is 24.7 Å². The molecule has 0 heterocycles. The van der Waals surface area contributed by atoms with E-state index in [2.05, 4.69) is 16.0 Å². The summed E-state index contributed by atoms with van der Waals surface area (Å²) >= 11 is 0. The van der Waals surface area contributed by atoms with E-state index in [1.807, 2.05) is 42.5 Å². The zero-order valence-corrected chi connectivity index (χ0v) is 12.9. The normalized spacial score (nSPS) is 11.7. The van der Waals surface area contributed by atoms with E-state index in [0.29, 0.717) is 6.54 Å².